The molecule has 0 spiro atoms. The summed E-state index contributed by atoms with van der Waals surface area (Å²) >= 11 is 1.70. The largest absolute Gasteiger partial charge is 0.348 e. The van der Waals surface area contributed by atoms with E-state index in [1.807, 2.05) is 18.2 Å². The highest BCUT2D eigenvalue weighted by Gasteiger charge is 2.28. The highest BCUT2D eigenvalue weighted by atomic mass is 32.2. The topological polar surface area (TPSA) is 53.5 Å². The standard InChI is InChI=1S/C14H19N3O2S2/c1-16(21(2,18)19)11-7-9-17(10-8-11)14-15-12-5-3-4-6-13(12)20-14/h3-6,11H,7-10H2,1-2H3. The Balaban J connectivity index is 1.71. The molecule has 1 saturated heterocycles. The Morgan fingerprint density at radius 2 is 1.95 bits per heavy atom. The first kappa shape index (κ1) is 14.7. The molecule has 114 valence electrons. The number of hydrogen-bond donors (Lipinski definition) is 0. The predicted octanol–water partition coefficient (Wildman–Crippen LogP) is 2.16. The fraction of sp³-hybridized carbons (Fsp3) is 0.500. The SMILES string of the molecule is CN(C1CCN(c2nc3ccccc3s2)CC1)S(C)(=O)=O. The molecule has 1 aromatic carbocycles. The van der Waals surface area contributed by atoms with Crippen molar-refractivity contribution in [3.8, 4) is 0 Å². The smallest absolute Gasteiger partial charge is 0.211 e. The lowest BCUT2D eigenvalue weighted by Crippen LogP contribution is -2.45. The van der Waals surface area contributed by atoms with E-state index in [0.717, 1.165) is 36.6 Å². The minimum Gasteiger partial charge on any atom is -0.348 e. The van der Waals surface area contributed by atoms with Crippen molar-refractivity contribution in [3.05, 3.63) is 24.3 Å². The van der Waals surface area contributed by atoms with Crippen molar-refractivity contribution in [2.75, 3.05) is 31.3 Å². The minimum absolute atomic E-state index is 0.102. The maximum Gasteiger partial charge on any atom is 0.211 e. The van der Waals surface area contributed by atoms with Crippen LogP contribution in [0.4, 0.5) is 5.13 Å². The zero-order valence-corrected chi connectivity index (χ0v) is 13.8. The molecule has 0 bridgehead atoms. The second-order valence-corrected chi connectivity index (χ2v) is 8.51. The summed E-state index contributed by atoms with van der Waals surface area (Å²) in [5.74, 6) is 0. The van der Waals surface area contributed by atoms with Crippen LogP contribution in [0.15, 0.2) is 24.3 Å². The van der Waals surface area contributed by atoms with E-state index in [9.17, 15) is 8.42 Å². The summed E-state index contributed by atoms with van der Waals surface area (Å²) in [6.07, 6.45) is 2.96. The highest BCUT2D eigenvalue weighted by molar-refractivity contribution is 7.88. The Labute approximate surface area is 129 Å². The number of sulfonamides is 1. The quantitative estimate of drug-likeness (QED) is 0.868. The van der Waals surface area contributed by atoms with Crippen molar-refractivity contribution < 1.29 is 8.42 Å². The molecule has 3 rings (SSSR count). The van der Waals surface area contributed by atoms with Crippen LogP contribution in [0.5, 0.6) is 0 Å². The highest BCUT2D eigenvalue weighted by Crippen LogP contribution is 2.31. The molecule has 2 heterocycles. The molecule has 0 N–H and O–H groups in total. The summed E-state index contributed by atoms with van der Waals surface area (Å²) in [6.45, 7) is 1.70. The molecule has 0 aliphatic carbocycles. The van der Waals surface area contributed by atoms with E-state index in [1.54, 1.807) is 18.4 Å². The summed E-state index contributed by atoms with van der Waals surface area (Å²) in [4.78, 5) is 6.93. The van der Waals surface area contributed by atoms with Crippen LogP contribution in [0.1, 0.15) is 12.8 Å². The van der Waals surface area contributed by atoms with Crippen LogP contribution < -0.4 is 4.90 Å². The van der Waals surface area contributed by atoms with Crippen LogP contribution in [-0.4, -0.2) is 50.1 Å². The molecule has 21 heavy (non-hydrogen) atoms. The minimum atomic E-state index is -3.10. The number of aromatic nitrogens is 1. The Bertz CT molecular complexity index is 701. The monoisotopic (exact) mass is 325 g/mol. The van der Waals surface area contributed by atoms with E-state index >= 15 is 0 Å². The first-order chi connectivity index (χ1) is 9.95. The van der Waals surface area contributed by atoms with Crippen LogP contribution in [0.25, 0.3) is 10.2 Å². The van der Waals surface area contributed by atoms with Crippen molar-refractivity contribution >= 4 is 36.7 Å². The number of thiazole rings is 1. The zero-order valence-electron chi connectivity index (χ0n) is 12.2. The third kappa shape index (κ3) is 3.04. The summed E-state index contributed by atoms with van der Waals surface area (Å²) in [7, 11) is -1.43. The third-order valence-electron chi connectivity index (χ3n) is 4.05. The first-order valence-corrected chi connectivity index (χ1v) is 9.65. The lowest BCUT2D eigenvalue weighted by atomic mass is 10.1. The summed E-state index contributed by atoms with van der Waals surface area (Å²) < 4.78 is 25.9. The predicted molar refractivity (Wildman–Crippen MR) is 87.5 cm³/mol. The molecular weight excluding hydrogens is 306 g/mol. The van der Waals surface area contributed by atoms with Crippen molar-refractivity contribution in [2.45, 2.75) is 18.9 Å². The van der Waals surface area contributed by atoms with E-state index in [-0.39, 0.29) is 6.04 Å². The van der Waals surface area contributed by atoms with Crippen LogP contribution >= 0.6 is 11.3 Å². The first-order valence-electron chi connectivity index (χ1n) is 6.98. The van der Waals surface area contributed by atoms with Gasteiger partial charge in [-0.2, -0.15) is 0 Å². The number of hydrogen-bond acceptors (Lipinski definition) is 5. The molecule has 0 amide bonds. The average molecular weight is 325 g/mol. The Hall–Kier alpha value is -1.18. The number of anilines is 1. The van der Waals surface area contributed by atoms with Gasteiger partial charge in [-0.3, -0.25) is 0 Å². The lowest BCUT2D eigenvalue weighted by Gasteiger charge is -2.35. The zero-order chi connectivity index (χ0) is 15.0. The maximum atomic E-state index is 11.6. The van der Waals surface area contributed by atoms with E-state index in [0.29, 0.717) is 0 Å². The molecule has 0 radical (unpaired) electrons. The molecule has 1 aliphatic heterocycles. The van der Waals surface area contributed by atoms with Gasteiger partial charge >= 0.3 is 0 Å². The van der Waals surface area contributed by atoms with E-state index in [1.165, 1.54) is 15.3 Å². The van der Waals surface area contributed by atoms with Gasteiger partial charge in [-0.1, -0.05) is 23.5 Å². The van der Waals surface area contributed by atoms with Gasteiger partial charge in [0, 0.05) is 26.2 Å². The molecule has 5 nitrogen and oxygen atoms in total. The molecule has 2 aromatic rings. The Morgan fingerprint density at radius 1 is 1.29 bits per heavy atom. The Kier molecular flexibility index (Phi) is 3.90. The van der Waals surface area contributed by atoms with Gasteiger partial charge in [-0.15, -0.1) is 0 Å². The van der Waals surface area contributed by atoms with Gasteiger partial charge in [-0.05, 0) is 25.0 Å². The van der Waals surface area contributed by atoms with Gasteiger partial charge < -0.3 is 4.90 Å². The van der Waals surface area contributed by atoms with Crippen molar-refractivity contribution in [1.82, 2.24) is 9.29 Å². The third-order valence-corrected chi connectivity index (χ3v) is 6.50. The summed E-state index contributed by atoms with van der Waals surface area (Å²) in [5, 5.41) is 1.04. The molecule has 1 aliphatic rings. The van der Waals surface area contributed by atoms with Gasteiger partial charge in [0.25, 0.3) is 0 Å². The van der Waals surface area contributed by atoms with Crippen LogP contribution in [0.3, 0.4) is 0 Å². The van der Waals surface area contributed by atoms with Crippen molar-refractivity contribution in [1.29, 1.82) is 0 Å². The fourth-order valence-electron chi connectivity index (χ4n) is 2.69. The molecule has 1 aromatic heterocycles. The van der Waals surface area contributed by atoms with Gasteiger partial charge in [0.2, 0.25) is 10.0 Å². The molecule has 1 fully saturated rings. The normalized spacial score (nSPS) is 17.8. The molecule has 0 atom stereocenters. The maximum absolute atomic E-state index is 11.6. The van der Waals surface area contributed by atoms with E-state index in [4.69, 9.17) is 0 Å². The van der Waals surface area contributed by atoms with E-state index in [2.05, 4.69) is 16.0 Å². The van der Waals surface area contributed by atoms with Gasteiger partial charge in [0.15, 0.2) is 5.13 Å². The summed E-state index contributed by atoms with van der Waals surface area (Å²) in [6, 6.07) is 8.24. The molecular formula is C14H19N3O2S2. The second kappa shape index (κ2) is 5.55. The number of rotatable bonds is 3. The van der Waals surface area contributed by atoms with E-state index < -0.39 is 10.0 Å². The second-order valence-electron chi connectivity index (χ2n) is 5.46. The number of fused-ring (bicyclic) bond motifs is 1. The average Bonchev–Trinajstić information content (AvgIpc) is 2.89. The Morgan fingerprint density at radius 3 is 2.57 bits per heavy atom. The van der Waals surface area contributed by atoms with Crippen LogP contribution in [0.2, 0.25) is 0 Å². The summed E-state index contributed by atoms with van der Waals surface area (Å²) in [5.41, 5.74) is 1.04. The molecule has 0 saturated carbocycles. The molecule has 0 unspecified atom stereocenters. The number of nitrogens with zero attached hydrogens (tertiary/aromatic N) is 3. The van der Waals surface area contributed by atoms with Gasteiger partial charge in [0.05, 0.1) is 16.5 Å². The number of benzene rings is 1. The van der Waals surface area contributed by atoms with Gasteiger partial charge in [0.1, 0.15) is 0 Å². The lowest BCUT2D eigenvalue weighted by molar-refractivity contribution is 0.314. The van der Waals surface area contributed by atoms with Crippen LogP contribution in [0, 0.1) is 0 Å². The van der Waals surface area contributed by atoms with Crippen molar-refractivity contribution in [3.63, 3.8) is 0 Å². The van der Waals surface area contributed by atoms with Gasteiger partial charge in [-0.25, -0.2) is 17.7 Å². The van der Waals surface area contributed by atoms with Crippen LogP contribution in [-0.2, 0) is 10.0 Å². The van der Waals surface area contributed by atoms with Crippen molar-refractivity contribution in [2.24, 2.45) is 0 Å². The number of para-hydroxylation sites is 1. The number of piperidine rings is 1. The molecule has 7 heteroatoms. The fourth-order valence-corrected chi connectivity index (χ4v) is 4.46.